The molecule has 6 heteroatoms. The van der Waals surface area contributed by atoms with Crippen molar-refractivity contribution in [1.82, 2.24) is 15.1 Å². The molecule has 104 valence electrons. The first kappa shape index (κ1) is 15.2. The van der Waals surface area contributed by atoms with E-state index in [1.807, 2.05) is 14.0 Å². The SMILES string of the molecule is CCn1nc(C)c(Br)c1CC(NC)c1ccc(Br)s1. The van der Waals surface area contributed by atoms with Crippen LogP contribution in [0.25, 0.3) is 0 Å². The van der Waals surface area contributed by atoms with Crippen LogP contribution < -0.4 is 5.32 Å². The molecule has 0 aliphatic heterocycles. The number of nitrogens with zero attached hydrogens (tertiary/aromatic N) is 2. The monoisotopic (exact) mass is 405 g/mol. The van der Waals surface area contributed by atoms with E-state index in [1.54, 1.807) is 11.3 Å². The quantitative estimate of drug-likeness (QED) is 0.801. The third-order valence-electron chi connectivity index (χ3n) is 3.14. The minimum atomic E-state index is 0.314. The third kappa shape index (κ3) is 3.29. The number of thiophene rings is 1. The molecule has 0 fully saturated rings. The van der Waals surface area contributed by atoms with E-state index in [4.69, 9.17) is 0 Å². The molecule has 0 aliphatic carbocycles. The minimum absolute atomic E-state index is 0.314. The lowest BCUT2D eigenvalue weighted by Gasteiger charge is -2.15. The summed E-state index contributed by atoms with van der Waals surface area (Å²) in [7, 11) is 2.01. The summed E-state index contributed by atoms with van der Waals surface area (Å²) in [6.07, 6.45) is 0.929. The zero-order valence-electron chi connectivity index (χ0n) is 11.2. The van der Waals surface area contributed by atoms with Crippen LogP contribution in [0, 0.1) is 6.92 Å². The predicted molar refractivity (Wildman–Crippen MR) is 87.9 cm³/mol. The molecule has 0 saturated carbocycles. The lowest BCUT2D eigenvalue weighted by Crippen LogP contribution is -2.19. The fourth-order valence-corrected chi connectivity index (χ4v) is 4.10. The first-order valence-corrected chi connectivity index (χ1v) is 8.61. The summed E-state index contributed by atoms with van der Waals surface area (Å²) in [5, 5.41) is 7.95. The number of rotatable bonds is 5. The van der Waals surface area contributed by atoms with Crippen molar-refractivity contribution in [2.24, 2.45) is 0 Å². The van der Waals surface area contributed by atoms with Crippen LogP contribution in [0.15, 0.2) is 20.4 Å². The van der Waals surface area contributed by atoms with Crippen molar-refractivity contribution >= 4 is 43.2 Å². The number of hydrogen-bond acceptors (Lipinski definition) is 3. The van der Waals surface area contributed by atoms with Gasteiger partial charge in [-0.1, -0.05) is 0 Å². The van der Waals surface area contributed by atoms with Crippen LogP contribution in [-0.4, -0.2) is 16.8 Å². The summed E-state index contributed by atoms with van der Waals surface area (Å²) in [5.41, 5.74) is 2.31. The van der Waals surface area contributed by atoms with Crippen molar-refractivity contribution in [1.29, 1.82) is 0 Å². The van der Waals surface area contributed by atoms with Gasteiger partial charge in [0.05, 0.1) is 19.6 Å². The standard InChI is InChI=1S/C13H17Br2N3S/c1-4-18-10(13(15)8(2)17-18)7-9(16-3)11-5-6-12(14)19-11/h5-6,9,16H,4,7H2,1-3H3. The van der Waals surface area contributed by atoms with E-state index in [1.165, 1.54) is 14.4 Å². The summed E-state index contributed by atoms with van der Waals surface area (Å²) in [5.74, 6) is 0. The number of hydrogen-bond donors (Lipinski definition) is 1. The number of nitrogens with one attached hydrogen (secondary N) is 1. The Kier molecular flexibility index (Phi) is 5.22. The average molecular weight is 407 g/mol. The van der Waals surface area contributed by atoms with E-state index in [0.717, 1.165) is 23.1 Å². The molecule has 2 aromatic rings. The maximum absolute atomic E-state index is 4.55. The maximum atomic E-state index is 4.55. The summed E-state index contributed by atoms with van der Waals surface area (Å²) >= 11 is 8.96. The Morgan fingerprint density at radius 2 is 2.16 bits per heavy atom. The minimum Gasteiger partial charge on any atom is -0.312 e. The molecule has 0 aromatic carbocycles. The molecule has 1 atom stereocenters. The van der Waals surface area contributed by atoms with Crippen molar-refractivity contribution in [3.8, 4) is 0 Å². The van der Waals surface area contributed by atoms with Crippen molar-refractivity contribution < 1.29 is 0 Å². The first-order chi connectivity index (χ1) is 9.06. The van der Waals surface area contributed by atoms with Crippen LogP contribution >= 0.6 is 43.2 Å². The van der Waals surface area contributed by atoms with Gasteiger partial charge in [-0.05, 0) is 64.9 Å². The molecule has 2 rings (SSSR count). The molecule has 0 bridgehead atoms. The van der Waals surface area contributed by atoms with Crippen LogP contribution in [0.1, 0.15) is 29.2 Å². The zero-order chi connectivity index (χ0) is 14.0. The number of aromatic nitrogens is 2. The van der Waals surface area contributed by atoms with Gasteiger partial charge >= 0.3 is 0 Å². The van der Waals surface area contributed by atoms with Gasteiger partial charge in [0.25, 0.3) is 0 Å². The molecule has 3 nitrogen and oxygen atoms in total. The second-order valence-corrected chi connectivity index (χ2v) is 7.64. The van der Waals surface area contributed by atoms with Gasteiger partial charge < -0.3 is 5.32 Å². The highest BCUT2D eigenvalue weighted by molar-refractivity contribution is 9.11. The Bertz CT molecular complexity index is 562. The van der Waals surface area contributed by atoms with Gasteiger partial charge in [-0.25, -0.2) is 0 Å². The second-order valence-electron chi connectivity index (χ2n) is 4.35. The molecule has 0 radical (unpaired) electrons. The Morgan fingerprint density at radius 3 is 2.68 bits per heavy atom. The van der Waals surface area contributed by atoms with Gasteiger partial charge in [0, 0.05) is 23.9 Å². The van der Waals surface area contributed by atoms with Gasteiger partial charge in [0.1, 0.15) is 0 Å². The second kappa shape index (κ2) is 6.52. The van der Waals surface area contributed by atoms with Gasteiger partial charge in [-0.2, -0.15) is 5.10 Å². The van der Waals surface area contributed by atoms with Crippen LogP contribution in [-0.2, 0) is 13.0 Å². The lowest BCUT2D eigenvalue weighted by atomic mass is 10.1. The average Bonchev–Trinajstić information content (AvgIpc) is 2.93. The van der Waals surface area contributed by atoms with E-state index < -0.39 is 0 Å². The maximum Gasteiger partial charge on any atom is 0.0738 e. The predicted octanol–water partition coefficient (Wildman–Crippen LogP) is 4.30. The third-order valence-corrected chi connectivity index (χ3v) is 5.91. The number of likely N-dealkylation sites (N-methyl/N-ethyl adjacent to an activating group) is 1. The van der Waals surface area contributed by atoms with E-state index in [2.05, 4.69) is 66.0 Å². The molecular weight excluding hydrogens is 390 g/mol. The summed E-state index contributed by atoms with van der Waals surface area (Å²) in [6, 6.07) is 4.58. The van der Waals surface area contributed by atoms with Crippen molar-refractivity contribution in [3.05, 3.63) is 36.7 Å². The van der Waals surface area contributed by atoms with Crippen LogP contribution in [0.3, 0.4) is 0 Å². The van der Waals surface area contributed by atoms with Gasteiger partial charge in [0.15, 0.2) is 0 Å². The number of aryl methyl sites for hydroxylation is 2. The molecule has 0 spiro atoms. The van der Waals surface area contributed by atoms with Gasteiger partial charge in [0.2, 0.25) is 0 Å². The molecule has 0 amide bonds. The normalized spacial score (nSPS) is 12.9. The molecule has 2 heterocycles. The van der Waals surface area contributed by atoms with Crippen molar-refractivity contribution in [3.63, 3.8) is 0 Å². The van der Waals surface area contributed by atoms with Gasteiger partial charge in [-0.15, -0.1) is 11.3 Å². The molecule has 0 aliphatic rings. The van der Waals surface area contributed by atoms with Crippen LogP contribution in [0.2, 0.25) is 0 Å². The Balaban J connectivity index is 2.28. The molecule has 1 unspecified atom stereocenters. The van der Waals surface area contributed by atoms with E-state index >= 15 is 0 Å². The van der Waals surface area contributed by atoms with Gasteiger partial charge in [-0.3, -0.25) is 4.68 Å². The van der Waals surface area contributed by atoms with E-state index in [0.29, 0.717) is 6.04 Å². The Hall–Kier alpha value is -0.170. The highest BCUT2D eigenvalue weighted by Gasteiger charge is 2.19. The lowest BCUT2D eigenvalue weighted by molar-refractivity contribution is 0.545. The Morgan fingerprint density at radius 1 is 1.42 bits per heavy atom. The topological polar surface area (TPSA) is 29.9 Å². The zero-order valence-corrected chi connectivity index (χ0v) is 15.2. The fourth-order valence-electron chi connectivity index (χ4n) is 2.12. The first-order valence-electron chi connectivity index (χ1n) is 6.21. The highest BCUT2D eigenvalue weighted by atomic mass is 79.9. The van der Waals surface area contributed by atoms with Crippen LogP contribution in [0.4, 0.5) is 0 Å². The smallest absolute Gasteiger partial charge is 0.0738 e. The van der Waals surface area contributed by atoms with E-state index in [9.17, 15) is 0 Å². The fraction of sp³-hybridized carbons (Fsp3) is 0.462. The summed E-state index contributed by atoms with van der Waals surface area (Å²) < 4.78 is 4.37. The van der Waals surface area contributed by atoms with E-state index in [-0.39, 0.29) is 0 Å². The largest absolute Gasteiger partial charge is 0.312 e. The number of halogens is 2. The molecular formula is C13H17Br2N3S. The highest BCUT2D eigenvalue weighted by Crippen LogP contribution is 2.31. The summed E-state index contributed by atoms with van der Waals surface area (Å²) in [6.45, 7) is 5.06. The van der Waals surface area contributed by atoms with Crippen molar-refractivity contribution in [2.75, 3.05) is 7.05 Å². The molecule has 19 heavy (non-hydrogen) atoms. The molecule has 1 N–H and O–H groups in total. The molecule has 2 aromatic heterocycles. The van der Waals surface area contributed by atoms with Crippen molar-refractivity contribution in [2.45, 2.75) is 32.9 Å². The summed E-state index contributed by atoms with van der Waals surface area (Å²) in [4.78, 5) is 1.34. The Labute approximate surface area is 134 Å². The molecule has 0 saturated heterocycles. The van der Waals surface area contributed by atoms with Crippen LogP contribution in [0.5, 0.6) is 0 Å².